The monoisotopic (exact) mass is 380 g/mol. The van der Waals surface area contributed by atoms with Gasteiger partial charge in [-0.25, -0.2) is 4.98 Å². The third-order valence-corrected chi connectivity index (χ3v) is 4.39. The van der Waals surface area contributed by atoms with Crippen LogP contribution in [-0.4, -0.2) is 25.7 Å². The van der Waals surface area contributed by atoms with Gasteiger partial charge in [-0.15, -0.1) is 5.10 Å². The molecule has 7 heteroatoms. The predicted molar refractivity (Wildman–Crippen MR) is 107 cm³/mol. The van der Waals surface area contributed by atoms with E-state index in [9.17, 15) is 10.1 Å². The molecule has 2 aromatic heterocycles. The second-order valence-corrected chi connectivity index (χ2v) is 6.31. The van der Waals surface area contributed by atoms with Crippen molar-refractivity contribution < 1.29 is 4.79 Å². The van der Waals surface area contributed by atoms with Crippen molar-refractivity contribution in [3.05, 3.63) is 102 Å². The van der Waals surface area contributed by atoms with Gasteiger partial charge in [0.1, 0.15) is 5.69 Å². The Morgan fingerprint density at radius 3 is 2.55 bits per heavy atom. The number of nitrogens with zero attached hydrogens (tertiary/aromatic N) is 5. The molecule has 1 unspecified atom stereocenters. The summed E-state index contributed by atoms with van der Waals surface area (Å²) in [7, 11) is 0. The SMILES string of the molecule is N#Cc1cccc(C(N)c2nc(-c3ccccn3)nn2C(=O)c2ccccc2)c1. The maximum Gasteiger partial charge on any atom is 0.279 e. The van der Waals surface area contributed by atoms with E-state index in [2.05, 4.69) is 21.1 Å². The van der Waals surface area contributed by atoms with E-state index in [1.54, 1.807) is 66.9 Å². The number of carbonyl (C=O) groups is 1. The molecule has 1 atom stereocenters. The Hall–Kier alpha value is -4.15. The average Bonchev–Trinajstić information content (AvgIpc) is 3.24. The number of carbonyl (C=O) groups excluding carboxylic acids is 1. The number of rotatable bonds is 4. The summed E-state index contributed by atoms with van der Waals surface area (Å²) in [4.78, 5) is 21.9. The zero-order valence-electron chi connectivity index (χ0n) is 15.3. The summed E-state index contributed by atoms with van der Waals surface area (Å²) >= 11 is 0. The van der Waals surface area contributed by atoms with Crippen LogP contribution in [0.4, 0.5) is 0 Å². The summed E-state index contributed by atoms with van der Waals surface area (Å²) in [5.41, 5.74) is 8.57. The molecule has 29 heavy (non-hydrogen) atoms. The Kier molecular flexibility index (Phi) is 4.93. The molecule has 0 bridgehead atoms. The second-order valence-electron chi connectivity index (χ2n) is 6.31. The van der Waals surface area contributed by atoms with E-state index in [-0.39, 0.29) is 11.7 Å². The smallest absolute Gasteiger partial charge is 0.279 e. The first-order valence-electron chi connectivity index (χ1n) is 8.91. The fourth-order valence-corrected chi connectivity index (χ4v) is 2.93. The zero-order valence-corrected chi connectivity index (χ0v) is 15.3. The van der Waals surface area contributed by atoms with E-state index in [1.165, 1.54) is 4.68 Å². The molecule has 0 aliphatic rings. The summed E-state index contributed by atoms with van der Waals surface area (Å²) in [5, 5.41) is 13.6. The normalized spacial score (nSPS) is 11.6. The molecule has 0 amide bonds. The molecule has 0 radical (unpaired) electrons. The van der Waals surface area contributed by atoms with Crippen LogP contribution in [0.25, 0.3) is 11.5 Å². The highest BCUT2D eigenvalue weighted by Crippen LogP contribution is 2.23. The van der Waals surface area contributed by atoms with Gasteiger partial charge in [0.05, 0.1) is 17.7 Å². The lowest BCUT2D eigenvalue weighted by molar-refractivity contribution is 0.0940. The van der Waals surface area contributed by atoms with Crippen molar-refractivity contribution in [3.63, 3.8) is 0 Å². The molecule has 4 rings (SSSR count). The van der Waals surface area contributed by atoms with Gasteiger partial charge in [-0.3, -0.25) is 9.78 Å². The number of nitrogens with two attached hydrogens (primary N) is 1. The van der Waals surface area contributed by atoms with Crippen LogP contribution in [0, 0.1) is 11.3 Å². The lowest BCUT2D eigenvalue weighted by atomic mass is 10.0. The standard InChI is InChI=1S/C22H16N6O/c23-14-15-7-6-10-17(13-15)19(24)21-26-20(18-11-4-5-12-25-18)27-28(21)22(29)16-8-2-1-3-9-16/h1-13,19H,24H2. The third kappa shape index (κ3) is 3.65. The van der Waals surface area contributed by atoms with E-state index in [0.717, 1.165) is 0 Å². The first-order chi connectivity index (χ1) is 14.2. The van der Waals surface area contributed by atoms with Crippen LogP contribution in [0.15, 0.2) is 79.0 Å². The van der Waals surface area contributed by atoms with Crippen molar-refractivity contribution in [3.8, 4) is 17.6 Å². The molecule has 4 aromatic rings. The predicted octanol–water partition coefficient (Wildman–Crippen LogP) is 2.95. The van der Waals surface area contributed by atoms with Gasteiger partial charge in [0.25, 0.3) is 5.91 Å². The van der Waals surface area contributed by atoms with Gasteiger partial charge in [-0.2, -0.15) is 9.94 Å². The first-order valence-corrected chi connectivity index (χ1v) is 8.91. The van der Waals surface area contributed by atoms with Crippen LogP contribution in [0.5, 0.6) is 0 Å². The van der Waals surface area contributed by atoms with E-state index in [0.29, 0.717) is 28.2 Å². The molecule has 0 saturated heterocycles. The molecule has 0 saturated carbocycles. The van der Waals surface area contributed by atoms with Gasteiger partial charge < -0.3 is 5.73 Å². The summed E-state index contributed by atoms with van der Waals surface area (Å²) in [6, 6.07) is 22.4. The minimum absolute atomic E-state index is 0.273. The lowest BCUT2D eigenvalue weighted by Crippen LogP contribution is -2.23. The Labute approximate surface area is 167 Å². The van der Waals surface area contributed by atoms with Crippen molar-refractivity contribution in [2.24, 2.45) is 5.73 Å². The Morgan fingerprint density at radius 1 is 1.03 bits per heavy atom. The van der Waals surface area contributed by atoms with E-state index in [4.69, 9.17) is 5.73 Å². The second kappa shape index (κ2) is 7.84. The number of pyridine rings is 1. The van der Waals surface area contributed by atoms with Crippen molar-refractivity contribution in [1.29, 1.82) is 5.26 Å². The Bertz CT molecular complexity index is 1190. The van der Waals surface area contributed by atoms with Crippen LogP contribution < -0.4 is 5.73 Å². The highest BCUT2D eigenvalue weighted by Gasteiger charge is 2.24. The molecule has 140 valence electrons. The molecule has 2 N–H and O–H groups in total. The molecule has 2 aromatic carbocycles. The van der Waals surface area contributed by atoms with Crippen molar-refractivity contribution in [2.75, 3.05) is 0 Å². The van der Waals surface area contributed by atoms with Gasteiger partial charge in [0, 0.05) is 11.8 Å². The molecular formula is C22H16N6O. The van der Waals surface area contributed by atoms with Gasteiger partial charge in [0.15, 0.2) is 5.82 Å². The fourth-order valence-electron chi connectivity index (χ4n) is 2.93. The molecule has 2 heterocycles. The van der Waals surface area contributed by atoms with E-state index >= 15 is 0 Å². The number of nitriles is 1. The van der Waals surface area contributed by atoms with Gasteiger partial charge in [0.2, 0.25) is 5.82 Å². The maximum absolute atomic E-state index is 13.1. The molecule has 0 aliphatic heterocycles. The lowest BCUT2D eigenvalue weighted by Gasteiger charge is -2.12. The number of hydrogen-bond acceptors (Lipinski definition) is 6. The van der Waals surface area contributed by atoms with Crippen LogP contribution in [-0.2, 0) is 0 Å². The number of hydrogen-bond donors (Lipinski definition) is 1. The topological polar surface area (TPSA) is 110 Å². The van der Waals surface area contributed by atoms with E-state index < -0.39 is 6.04 Å². The van der Waals surface area contributed by atoms with Crippen molar-refractivity contribution in [1.82, 2.24) is 19.7 Å². The van der Waals surface area contributed by atoms with Crippen LogP contribution in [0.1, 0.15) is 33.4 Å². The van der Waals surface area contributed by atoms with Crippen molar-refractivity contribution >= 4 is 5.91 Å². The largest absolute Gasteiger partial charge is 0.318 e. The number of aromatic nitrogens is 4. The number of benzene rings is 2. The highest BCUT2D eigenvalue weighted by molar-refractivity contribution is 5.95. The summed E-state index contributed by atoms with van der Waals surface area (Å²) in [6.45, 7) is 0. The third-order valence-electron chi connectivity index (χ3n) is 4.39. The first kappa shape index (κ1) is 18.2. The van der Waals surface area contributed by atoms with Crippen LogP contribution in [0.2, 0.25) is 0 Å². The molecule has 0 aliphatic carbocycles. The summed E-state index contributed by atoms with van der Waals surface area (Å²) in [6.07, 6.45) is 1.63. The van der Waals surface area contributed by atoms with Gasteiger partial charge >= 0.3 is 0 Å². The van der Waals surface area contributed by atoms with E-state index in [1.807, 2.05) is 12.1 Å². The molecule has 0 spiro atoms. The Morgan fingerprint density at radius 2 is 1.83 bits per heavy atom. The fraction of sp³-hybridized carbons (Fsp3) is 0.0455. The molecule has 0 fully saturated rings. The van der Waals surface area contributed by atoms with Crippen LogP contribution in [0.3, 0.4) is 0 Å². The summed E-state index contributed by atoms with van der Waals surface area (Å²) < 4.78 is 1.21. The van der Waals surface area contributed by atoms with Gasteiger partial charge in [-0.05, 0) is 42.0 Å². The highest BCUT2D eigenvalue weighted by atomic mass is 16.2. The quantitative estimate of drug-likeness (QED) is 0.583. The Balaban J connectivity index is 1.84. The average molecular weight is 380 g/mol. The van der Waals surface area contributed by atoms with Crippen LogP contribution >= 0.6 is 0 Å². The summed E-state index contributed by atoms with van der Waals surface area (Å²) in [5.74, 6) is 0.230. The van der Waals surface area contributed by atoms with Gasteiger partial charge in [-0.1, -0.05) is 36.4 Å². The zero-order chi connectivity index (χ0) is 20.2. The minimum atomic E-state index is -0.749. The molecular weight excluding hydrogens is 364 g/mol. The van der Waals surface area contributed by atoms with Crippen molar-refractivity contribution in [2.45, 2.75) is 6.04 Å². The maximum atomic E-state index is 13.1. The minimum Gasteiger partial charge on any atom is -0.318 e. The molecule has 7 nitrogen and oxygen atoms in total.